The van der Waals surface area contributed by atoms with Crippen LogP contribution in [0.5, 0.6) is 0 Å². The number of nitrogens with one attached hydrogen (secondary N) is 2. The van der Waals surface area contributed by atoms with Gasteiger partial charge in [-0.1, -0.05) is 18.2 Å². The first-order valence-corrected chi connectivity index (χ1v) is 10.9. The van der Waals surface area contributed by atoms with Crippen LogP contribution >= 0.6 is 0 Å². The van der Waals surface area contributed by atoms with Crippen molar-refractivity contribution in [3.8, 4) is 5.69 Å². The van der Waals surface area contributed by atoms with Crippen molar-refractivity contribution in [3.63, 3.8) is 0 Å². The lowest BCUT2D eigenvalue weighted by Crippen LogP contribution is -2.42. The monoisotopic (exact) mass is 447 g/mol. The standard InChI is InChI=1S/C24H25N5O4/c1-14-11-18(15(2)33-14)24(3)22(31)28(23(32)26-24)13-21(30)25-20-12-19(16-9-10-16)27-29(20)17-7-5-4-6-8-17/h4-8,11-12,16H,9-10,13H2,1-3H3,(H,25,30)(H,26,32). The van der Waals surface area contributed by atoms with E-state index < -0.39 is 29.9 Å². The van der Waals surface area contributed by atoms with Crippen LogP contribution in [0.15, 0.2) is 46.9 Å². The molecule has 3 heterocycles. The number of nitrogens with zero attached hydrogens (tertiary/aromatic N) is 3. The normalized spacial score (nSPS) is 20.3. The van der Waals surface area contributed by atoms with Crippen molar-refractivity contribution in [1.82, 2.24) is 20.0 Å². The molecule has 9 heteroatoms. The van der Waals surface area contributed by atoms with Gasteiger partial charge in [-0.2, -0.15) is 5.10 Å². The highest BCUT2D eigenvalue weighted by molar-refractivity contribution is 6.10. The first kappa shape index (κ1) is 21.0. The number of imide groups is 1. The maximum Gasteiger partial charge on any atom is 0.325 e. The molecule has 1 unspecified atom stereocenters. The highest BCUT2D eigenvalue weighted by Gasteiger charge is 2.51. The molecule has 0 radical (unpaired) electrons. The second-order valence-electron chi connectivity index (χ2n) is 8.80. The number of urea groups is 1. The molecular weight excluding hydrogens is 422 g/mol. The van der Waals surface area contributed by atoms with E-state index in [0.717, 1.165) is 29.1 Å². The fourth-order valence-corrected chi connectivity index (χ4v) is 4.31. The number of benzene rings is 1. The summed E-state index contributed by atoms with van der Waals surface area (Å²) < 4.78 is 7.22. The predicted molar refractivity (Wildman–Crippen MR) is 120 cm³/mol. The molecule has 2 N–H and O–H groups in total. The molecule has 0 spiro atoms. The number of carbonyl (C=O) groups is 3. The first-order valence-electron chi connectivity index (χ1n) is 10.9. The van der Waals surface area contributed by atoms with Crippen LogP contribution in [0.25, 0.3) is 5.69 Å². The Kier molecular flexibility index (Phi) is 4.84. The van der Waals surface area contributed by atoms with Gasteiger partial charge in [0.1, 0.15) is 29.4 Å². The van der Waals surface area contributed by atoms with E-state index in [1.807, 2.05) is 36.4 Å². The Morgan fingerprint density at radius 3 is 2.58 bits per heavy atom. The molecular formula is C24H25N5O4. The number of rotatable bonds is 6. The third kappa shape index (κ3) is 3.69. The van der Waals surface area contributed by atoms with Gasteiger partial charge in [-0.25, -0.2) is 9.48 Å². The Labute approximate surface area is 190 Å². The summed E-state index contributed by atoms with van der Waals surface area (Å²) in [7, 11) is 0. The molecule has 1 aliphatic heterocycles. The summed E-state index contributed by atoms with van der Waals surface area (Å²) in [6, 6.07) is 12.5. The second-order valence-corrected chi connectivity index (χ2v) is 8.80. The molecule has 0 bridgehead atoms. The quantitative estimate of drug-likeness (QED) is 0.563. The van der Waals surface area contributed by atoms with E-state index in [-0.39, 0.29) is 0 Å². The number of aryl methyl sites for hydroxylation is 2. The highest BCUT2D eigenvalue weighted by atomic mass is 16.3. The van der Waals surface area contributed by atoms with Gasteiger partial charge < -0.3 is 15.1 Å². The lowest BCUT2D eigenvalue weighted by atomic mass is 9.92. The zero-order valence-electron chi connectivity index (χ0n) is 18.7. The number of aromatic nitrogens is 2. The SMILES string of the molecule is Cc1cc(C2(C)NC(=O)N(CC(=O)Nc3cc(C4CC4)nn3-c3ccccc3)C2=O)c(C)o1. The van der Waals surface area contributed by atoms with Crippen molar-refractivity contribution in [2.24, 2.45) is 0 Å². The van der Waals surface area contributed by atoms with E-state index in [4.69, 9.17) is 4.42 Å². The number of hydrogen-bond acceptors (Lipinski definition) is 5. The summed E-state index contributed by atoms with van der Waals surface area (Å²) in [4.78, 5) is 39.7. The van der Waals surface area contributed by atoms with Crippen LogP contribution in [-0.4, -0.2) is 39.1 Å². The highest BCUT2D eigenvalue weighted by Crippen LogP contribution is 2.40. The number of hydrogen-bond donors (Lipinski definition) is 2. The number of carbonyl (C=O) groups excluding carboxylic acids is 3. The molecule has 2 aliphatic rings. The second kappa shape index (κ2) is 7.61. The fraction of sp³-hybridized carbons (Fsp3) is 0.333. The topological polar surface area (TPSA) is 109 Å². The molecule has 4 amide bonds. The first-order chi connectivity index (χ1) is 15.8. The van der Waals surface area contributed by atoms with Gasteiger partial charge in [0.25, 0.3) is 5.91 Å². The van der Waals surface area contributed by atoms with Crippen LogP contribution in [0.2, 0.25) is 0 Å². The van der Waals surface area contributed by atoms with Crippen molar-refractivity contribution in [1.29, 1.82) is 0 Å². The van der Waals surface area contributed by atoms with Gasteiger partial charge in [0.15, 0.2) is 0 Å². The average molecular weight is 447 g/mol. The maximum absolute atomic E-state index is 13.2. The van der Waals surface area contributed by atoms with Gasteiger partial charge in [0, 0.05) is 17.5 Å². The molecule has 33 heavy (non-hydrogen) atoms. The molecule has 2 aromatic heterocycles. The molecule has 1 saturated carbocycles. The average Bonchev–Trinajstić information content (AvgIpc) is 3.41. The van der Waals surface area contributed by atoms with E-state index in [1.165, 1.54) is 0 Å². The summed E-state index contributed by atoms with van der Waals surface area (Å²) in [5.41, 5.74) is 1.03. The van der Waals surface area contributed by atoms with E-state index in [2.05, 4.69) is 15.7 Å². The van der Waals surface area contributed by atoms with Crippen LogP contribution in [-0.2, 0) is 15.1 Å². The van der Waals surface area contributed by atoms with Crippen LogP contribution in [0.1, 0.15) is 48.5 Å². The van der Waals surface area contributed by atoms with Crippen LogP contribution in [0.3, 0.4) is 0 Å². The molecule has 3 aromatic rings. The fourth-order valence-electron chi connectivity index (χ4n) is 4.31. The third-order valence-electron chi connectivity index (χ3n) is 6.15. The minimum Gasteiger partial charge on any atom is -0.466 e. The Bertz CT molecular complexity index is 1260. The lowest BCUT2D eigenvalue weighted by Gasteiger charge is -2.21. The zero-order valence-corrected chi connectivity index (χ0v) is 18.7. The summed E-state index contributed by atoms with van der Waals surface area (Å²) >= 11 is 0. The number of furan rings is 1. The van der Waals surface area contributed by atoms with Gasteiger partial charge in [0.2, 0.25) is 5.91 Å². The van der Waals surface area contributed by atoms with E-state index in [9.17, 15) is 14.4 Å². The van der Waals surface area contributed by atoms with Crippen LogP contribution < -0.4 is 10.6 Å². The number of para-hydroxylation sites is 1. The molecule has 2 fully saturated rings. The van der Waals surface area contributed by atoms with E-state index in [1.54, 1.807) is 31.5 Å². The Morgan fingerprint density at radius 1 is 1.21 bits per heavy atom. The van der Waals surface area contributed by atoms with Crippen LogP contribution in [0.4, 0.5) is 10.6 Å². The largest absolute Gasteiger partial charge is 0.466 e. The van der Waals surface area contributed by atoms with Gasteiger partial charge in [-0.05, 0) is 51.8 Å². The zero-order chi connectivity index (χ0) is 23.3. The minimum atomic E-state index is -1.29. The predicted octanol–water partition coefficient (Wildman–Crippen LogP) is 3.37. The number of anilines is 1. The Morgan fingerprint density at radius 2 is 1.94 bits per heavy atom. The van der Waals surface area contributed by atoms with Crippen molar-refractivity contribution in [3.05, 3.63) is 65.2 Å². The molecule has 1 atom stereocenters. The van der Waals surface area contributed by atoms with Gasteiger partial charge in [-0.15, -0.1) is 0 Å². The summed E-state index contributed by atoms with van der Waals surface area (Å²) in [5.74, 6) is 1.11. The Balaban J connectivity index is 1.36. The molecule has 1 aliphatic carbocycles. The van der Waals surface area contributed by atoms with Crippen molar-refractivity contribution < 1.29 is 18.8 Å². The lowest BCUT2D eigenvalue weighted by molar-refractivity contribution is -0.133. The van der Waals surface area contributed by atoms with Crippen molar-refractivity contribution in [2.45, 2.75) is 45.1 Å². The molecule has 1 saturated heterocycles. The Hall–Kier alpha value is -3.88. The molecule has 170 valence electrons. The van der Waals surface area contributed by atoms with E-state index >= 15 is 0 Å². The van der Waals surface area contributed by atoms with Crippen LogP contribution in [0, 0.1) is 13.8 Å². The minimum absolute atomic E-state index is 0.402. The van der Waals surface area contributed by atoms with Crippen molar-refractivity contribution in [2.75, 3.05) is 11.9 Å². The summed E-state index contributed by atoms with van der Waals surface area (Å²) in [6.45, 7) is 4.73. The van der Waals surface area contributed by atoms with Gasteiger partial charge >= 0.3 is 6.03 Å². The smallest absolute Gasteiger partial charge is 0.325 e. The number of amides is 4. The third-order valence-corrected chi connectivity index (χ3v) is 6.15. The molecule has 5 rings (SSSR count). The maximum atomic E-state index is 13.2. The van der Waals surface area contributed by atoms with E-state index in [0.29, 0.717) is 28.8 Å². The van der Waals surface area contributed by atoms with Gasteiger partial charge in [-0.3, -0.25) is 14.5 Å². The molecule has 1 aromatic carbocycles. The van der Waals surface area contributed by atoms with Gasteiger partial charge in [0.05, 0.1) is 11.4 Å². The summed E-state index contributed by atoms with van der Waals surface area (Å²) in [5, 5.41) is 10.2. The summed E-state index contributed by atoms with van der Waals surface area (Å²) in [6.07, 6.45) is 2.15. The van der Waals surface area contributed by atoms with Crippen molar-refractivity contribution >= 4 is 23.7 Å². The molecule has 9 nitrogen and oxygen atoms in total.